The molecule has 1 aliphatic rings. The zero-order valence-electron chi connectivity index (χ0n) is 12.3. The summed E-state index contributed by atoms with van der Waals surface area (Å²) in [6.45, 7) is 8.78. The van der Waals surface area contributed by atoms with Crippen molar-refractivity contribution in [3.05, 3.63) is 29.8 Å². The molecule has 0 atom stereocenters. The van der Waals surface area contributed by atoms with Crippen molar-refractivity contribution in [1.82, 2.24) is 4.90 Å². The first-order valence-electron chi connectivity index (χ1n) is 7.08. The normalized spacial score (nSPS) is 18.4. The van der Waals surface area contributed by atoms with Crippen molar-refractivity contribution in [1.29, 1.82) is 5.26 Å². The molecule has 4 nitrogen and oxygen atoms in total. The molecule has 2 rings (SSSR count). The van der Waals surface area contributed by atoms with Crippen LogP contribution in [-0.4, -0.2) is 43.3 Å². The maximum Gasteiger partial charge on any atom is 0.119 e. The summed E-state index contributed by atoms with van der Waals surface area (Å²) in [7, 11) is 0. The summed E-state index contributed by atoms with van der Waals surface area (Å²) in [6.07, 6.45) is 0.996. The van der Waals surface area contributed by atoms with Gasteiger partial charge in [-0.15, -0.1) is 0 Å². The fraction of sp³-hybridized carbons (Fsp3) is 0.562. The van der Waals surface area contributed by atoms with E-state index in [2.05, 4.69) is 24.8 Å². The average molecular weight is 274 g/mol. The highest BCUT2D eigenvalue weighted by Crippen LogP contribution is 2.16. The van der Waals surface area contributed by atoms with E-state index in [1.54, 1.807) is 12.1 Å². The number of hydrogen-bond acceptors (Lipinski definition) is 4. The van der Waals surface area contributed by atoms with Crippen LogP contribution in [0.2, 0.25) is 0 Å². The first-order valence-corrected chi connectivity index (χ1v) is 7.08. The largest absolute Gasteiger partial charge is 0.494 e. The van der Waals surface area contributed by atoms with Gasteiger partial charge in [0.1, 0.15) is 5.75 Å². The predicted molar refractivity (Wildman–Crippen MR) is 77.7 cm³/mol. The van der Waals surface area contributed by atoms with Gasteiger partial charge in [0.2, 0.25) is 0 Å². The molecule has 0 aliphatic carbocycles. The van der Waals surface area contributed by atoms with Crippen LogP contribution in [0, 0.1) is 11.3 Å². The highest BCUT2D eigenvalue weighted by molar-refractivity contribution is 5.34. The lowest BCUT2D eigenvalue weighted by Crippen LogP contribution is -2.48. The van der Waals surface area contributed by atoms with E-state index in [4.69, 9.17) is 14.7 Å². The molecule has 4 heteroatoms. The van der Waals surface area contributed by atoms with Gasteiger partial charge in [0.15, 0.2) is 0 Å². The van der Waals surface area contributed by atoms with Gasteiger partial charge in [-0.2, -0.15) is 5.26 Å². The summed E-state index contributed by atoms with van der Waals surface area (Å²) in [5.74, 6) is 0.825. The molecule has 20 heavy (non-hydrogen) atoms. The van der Waals surface area contributed by atoms with Gasteiger partial charge in [0, 0.05) is 19.6 Å². The second-order valence-corrected chi connectivity index (χ2v) is 5.72. The van der Waals surface area contributed by atoms with Crippen LogP contribution in [0.5, 0.6) is 5.75 Å². The fourth-order valence-electron chi connectivity index (χ4n) is 2.41. The van der Waals surface area contributed by atoms with Crippen LogP contribution in [0.4, 0.5) is 0 Å². The van der Waals surface area contributed by atoms with Crippen molar-refractivity contribution in [2.75, 3.05) is 32.8 Å². The number of morpholine rings is 1. The Balaban J connectivity index is 1.67. The van der Waals surface area contributed by atoms with Gasteiger partial charge < -0.3 is 9.47 Å². The molecule has 1 aromatic rings. The number of rotatable bonds is 5. The molecule has 1 aromatic carbocycles. The predicted octanol–water partition coefficient (Wildman–Crippen LogP) is 2.44. The Morgan fingerprint density at radius 2 is 2.10 bits per heavy atom. The van der Waals surface area contributed by atoms with Gasteiger partial charge in [0.25, 0.3) is 0 Å². The molecule has 0 unspecified atom stereocenters. The summed E-state index contributed by atoms with van der Waals surface area (Å²) >= 11 is 0. The Hall–Kier alpha value is -1.57. The van der Waals surface area contributed by atoms with Crippen LogP contribution >= 0.6 is 0 Å². The van der Waals surface area contributed by atoms with E-state index < -0.39 is 0 Å². The molecule has 0 amide bonds. The van der Waals surface area contributed by atoms with E-state index in [0.29, 0.717) is 12.2 Å². The zero-order valence-corrected chi connectivity index (χ0v) is 12.3. The molecule has 0 saturated carbocycles. The molecule has 0 N–H and O–H groups in total. The lowest BCUT2D eigenvalue weighted by atomic mass is 10.1. The van der Waals surface area contributed by atoms with E-state index in [9.17, 15) is 0 Å². The first kappa shape index (κ1) is 14.8. The molecule has 0 spiro atoms. The minimum absolute atomic E-state index is 0.0355. The van der Waals surface area contributed by atoms with E-state index in [1.165, 1.54) is 0 Å². The van der Waals surface area contributed by atoms with E-state index in [-0.39, 0.29) is 5.60 Å². The van der Waals surface area contributed by atoms with Gasteiger partial charge in [0.05, 0.1) is 30.4 Å². The third kappa shape index (κ3) is 4.52. The van der Waals surface area contributed by atoms with Crippen LogP contribution in [-0.2, 0) is 4.74 Å². The molecule has 1 aliphatic heterocycles. The number of hydrogen-bond donors (Lipinski definition) is 0. The Morgan fingerprint density at radius 3 is 2.75 bits per heavy atom. The van der Waals surface area contributed by atoms with Crippen LogP contribution in [0.3, 0.4) is 0 Å². The Labute approximate surface area is 120 Å². The van der Waals surface area contributed by atoms with Gasteiger partial charge in [-0.05, 0) is 44.5 Å². The number of ether oxygens (including phenoxy) is 2. The van der Waals surface area contributed by atoms with Crippen LogP contribution in [0.1, 0.15) is 25.8 Å². The summed E-state index contributed by atoms with van der Waals surface area (Å²) in [5.41, 5.74) is 0.625. The number of nitriles is 1. The van der Waals surface area contributed by atoms with Crippen LogP contribution in [0.15, 0.2) is 24.3 Å². The second kappa shape index (κ2) is 6.74. The highest BCUT2D eigenvalue weighted by Gasteiger charge is 2.26. The smallest absolute Gasteiger partial charge is 0.119 e. The monoisotopic (exact) mass is 274 g/mol. The highest BCUT2D eigenvalue weighted by atomic mass is 16.5. The zero-order chi connectivity index (χ0) is 14.4. The quantitative estimate of drug-likeness (QED) is 0.774. The maximum atomic E-state index is 8.72. The molecular formula is C16H22N2O2. The van der Waals surface area contributed by atoms with Gasteiger partial charge in [-0.3, -0.25) is 4.90 Å². The van der Waals surface area contributed by atoms with E-state index in [1.807, 2.05) is 12.1 Å². The fourth-order valence-corrected chi connectivity index (χ4v) is 2.41. The Kier molecular flexibility index (Phi) is 4.99. The summed E-state index contributed by atoms with van der Waals surface area (Å²) in [5, 5.41) is 8.72. The SMILES string of the molecule is CC1(C)CN(CCCOc2ccc(C#N)cc2)CCO1. The second-order valence-electron chi connectivity index (χ2n) is 5.72. The molecule has 1 heterocycles. The molecule has 0 radical (unpaired) electrons. The van der Waals surface area contributed by atoms with Gasteiger partial charge >= 0.3 is 0 Å². The topological polar surface area (TPSA) is 45.5 Å². The third-order valence-electron chi connectivity index (χ3n) is 3.38. The molecule has 0 bridgehead atoms. The van der Waals surface area contributed by atoms with Crippen molar-refractivity contribution in [3.8, 4) is 11.8 Å². The average Bonchev–Trinajstić information content (AvgIpc) is 2.43. The Bertz CT molecular complexity index is 462. The number of nitrogens with zero attached hydrogens (tertiary/aromatic N) is 2. The van der Waals surface area contributed by atoms with Gasteiger partial charge in [-0.1, -0.05) is 0 Å². The first-order chi connectivity index (χ1) is 9.59. The third-order valence-corrected chi connectivity index (χ3v) is 3.38. The number of benzene rings is 1. The van der Waals surface area contributed by atoms with E-state index >= 15 is 0 Å². The molecular weight excluding hydrogens is 252 g/mol. The Morgan fingerprint density at radius 1 is 1.35 bits per heavy atom. The van der Waals surface area contributed by atoms with Crippen molar-refractivity contribution >= 4 is 0 Å². The lowest BCUT2D eigenvalue weighted by molar-refractivity contribution is -0.0864. The van der Waals surface area contributed by atoms with Crippen LogP contribution in [0.25, 0.3) is 0 Å². The lowest BCUT2D eigenvalue weighted by Gasteiger charge is -2.38. The summed E-state index contributed by atoms with van der Waals surface area (Å²) in [6, 6.07) is 9.34. The van der Waals surface area contributed by atoms with Gasteiger partial charge in [-0.25, -0.2) is 0 Å². The molecule has 108 valence electrons. The van der Waals surface area contributed by atoms with Crippen molar-refractivity contribution < 1.29 is 9.47 Å². The summed E-state index contributed by atoms with van der Waals surface area (Å²) in [4.78, 5) is 2.42. The summed E-state index contributed by atoms with van der Waals surface area (Å²) < 4.78 is 11.4. The minimum Gasteiger partial charge on any atom is -0.494 e. The molecule has 1 fully saturated rings. The maximum absolute atomic E-state index is 8.72. The van der Waals surface area contributed by atoms with Crippen molar-refractivity contribution in [2.45, 2.75) is 25.9 Å². The molecule has 1 saturated heterocycles. The van der Waals surface area contributed by atoms with Crippen molar-refractivity contribution in [2.24, 2.45) is 0 Å². The minimum atomic E-state index is -0.0355. The molecule has 0 aromatic heterocycles. The van der Waals surface area contributed by atoms with Crippen molar-refractivity contribution in [3.63, 3.8) is 0 Å². The van der Waals surface area contributed by atoms with E-state index in [0.717, 1.165) is 38.4 Å². The van der Waals surface area contributed by atoms with Crippen LogP contribution < -0.4 is 4.74 Å². The standard InChI is InChI=1S/C16H22N2O2/c1-16(2)13-18(9-11-20-16)8-3-10-19-15-6-4-14(12-17)5-7-15/h4-7H,3,8-11,13H2,1-2H3.